The van der Waals surface area contributed by atoms with E-state index in [4.69, 9.17) is 0 Å². The zero-order chi connectivity index (χ0) is 14.4. The molecule has 0 fully saturated rings. The number of hydrogen-bond acceptors (Lipinski definition) is 1. The fourth-order valence-electron chi connectivity index (χ4n) is 1.73. The molecule has 0 spiro atoms. The van der Waals surface area contributed by atoms with Crippen LogP contribution in [0.25, 0.3) is 0 Å². The second-order valence-corrected chi connectivity index (χ2v) is 4.82. The molecule has 0 aliphatic rings. The molecule has 1 rings (SSSR count). The number of hydrogen-bond donors (Lipinski definition) is 2. The van der Waals surface area contributed by atoms with Gasteiger partial charge in [0.2, 0.25) is 0 Å². The van der Waals surface area contributed by atoms with Gasteiger partial charge in [0.15, 0.2) is 5.96 Å². The van der Waals surface area contributed by atoms with Crippen LogP contribution in [0.5, 0.6) is 0 Å². The van der Waals surface area contributed by atoms with E-state index in [1.165, 1.54) is 12.1 Å². The molecule has 0 heterocycles. The second kappa shape index (κ2) is 9.10. The maximum absolute atomic E-state index is 13.6. The highest BCUT2D eigenvalue weighted by molar-refractivity contribution is 14.0. The average Bonchev–Trinajstić information content (AvgIpc) is 2.33. The molecular formula is C14H22F2IN3. The van der Waals surface area contributed by atoms with Gasteiger partial charge in [0.1, 0.15) is 11.6 Å². The molecule has 0 bridgehead atoms. The van der Waals surface area contributed by atoms with E-state index in [0.29, 0.717) is 18.1 Å². The van der Waals surface area contributed by atoms with E-state index in [2.05, 4.69) is 15.6 Å². The molecule has 1 unspecified atom stereocenters. The zero-order valence-electron chi connectivity index (χ0n) is 12.2. The minimum absolute atomic E-state index is 0. The molecule has 0 aromatic heterocycles. The smallest absolute Gasteiger partial charge is 0.191 e. The maximum Gasteiger partial charge on any atom is 0.191 e. The predicted molar refractivity (Wildman–Crippen MR) is 89.8 cm³/mol. The van der Waals surface area contributed by atoms with Crippen molar-refractivity contribution >= 4 is 29.9 Å². The summed E-state index contributed by atoms with van der Waals surface area (Å²) in [5.74, 6) is -0.476. The van der Waals surface area contributed by atoms with Gasteiger partial charge in [-0.1, -0.05) is 13.0 Å². The molecule has 1 atom stereocenters. The highest BCUT2D eigenvalue weighted by Crippen LogP contribution is 2.18. The summed E-state index contributed by atoms with van der Waals surface area (Å²) in [6.07, 6.45) is 0. The Balaban J connectivity index is 0.00000361. The average molecular weight is 397 g/mol. The highest BCUT2D eigenvalue weighted by atomic mass is 127. The molecule has 2 N–H and O–H groups in total. The summed E-state index contributed by atoms with van der Waals surface area (Å²) in [4.78, 5) is 4.07. The minimum Gasteiger partial charge on any atom is -0.356 e. The van der Waals surface area contributed by atoms with Crippen LogP contribution in [0.1, 0.15) is 32.3 Å². The van der Waals surface area contributed by atoms with E-state index in [9.17, 15) is 8.78 Å². The van der Waals surface area contributed by atoms with E-state index < -0.39 is 11.6 Å². The lowest BCUT2D eigenvalue weighted by molar-refractivity contribution is 0.555. The van der Waals surface area contributed by atoms with Gasteiger partial charge in [-0.3, -0.25) is 4.99 Å². The van der Waals surface area contributed by atoms with Gasteiger partial charge in [-0.15, -0.1) is 24.0 Å². The molecule has 0 radical (unpaired) electrons. The van der Waals surface area contributed by atoms with Crippen molar-refractivity contribution in [2.75, 3.05) is 13.6 Å². The first kappa shape index (κ1) is 19.1. The molecule has 3 nitrogen and oxygen atoms in total. The number of nitrogens with zero attached hydrogens (tertiary/aromatic N) is 1. The summed E-state index contributed by atoms with van der Waals surface area (Å²) in [7, 11) is 1.68. The largest absolute Gasteiger partial charge is 0.356 e. The Labute approximate surface area is 136 Å². The first-order valence-electron chi connectivity index (χ1n) is 6.36. The van der Waals surface area contributed by atoms with Crippen molar-refractivity contribution < 1.29 is 8.78 Å². The lowest BCUT2D eigenvalue weighted by atomic mass is 10.0. The first-order valence-corrected chi connectivity index (χ1v) is 6.36. The van der Waals surface area contributed by atoms with E-state index in [1.54, 1.807) is 7.05 Å². The van der Waals surface area contributed by atoms with E-state index >= 15 is 0 Å². The van der Waals surface area contributed by atoms with Crippen LogP contribution in [0.15, 0.2) is 23.2 Å². The van der Waals surface area contributed by atoms with Crippen molar-refractivity contribution in [2.24, 2.45) is 4.99 Å². The molecule has 1 aromatic carbocycles. The van der Waals surface area contributed by atoms with Crippen molar-refractivity contribution in [1.82, 2.24) is 10.6 Å². The summed E-state index contributed by atoms with van der Waals surface area (Å²) in [5, 5.41) is 6.26. The Morgan fingerprint density at radius 1 is 1.25 bits per heavy atom. The monoisotopic (exact) mass is 397 g/mol. The molecule has 1 aromatic rings. The van der Waals surface area contributed by atoms with Gasteiger partial charge in [0.05, 0.1) is 0 Å². The van der Waals surface area contributed by atoms with Crippen LogP contribution in [-0.4, -0.2) is 25.6 Å². The number of aliphatic imine (C=N–C) groups is 1. The standard InChI is InChI=1S/C14H21F2N3.HI/c1-9(2)19-14(17-4)18-8-10(3)12-6-5-11(15)7-13(12)16;/h5-7,9-10H,8H2,1-4H3,(H2,17,18,19);1H. The van der Waals surface area contributed by atoms with Crippen LogP contribution in [0.4, 0.5) is 8.78 Å². The van der Waals surface area contributed by atoms with Crippen molar-refractivity contribution in [3.8, 4) is 0 Å². The van der Waals surface area contributed by atoms with Gasteiger partial charge in [0.25, 0.3) is 0 Å². The van der Waals surface area contributed by atoms with Gasteiger partial charge >= 0.3 is 0 Å². The topological polar surface area (TPSA) is 36.4 Å². The normalized spacial score (nSPS) is 12.8. The summed E-state index contributed by atoms with van der Waals surface area (Å²) >= 11 is 0. The van der Waals surface area contributed by atoms with Gasteiger partial charge in [0, 0.05) is 31.6 Å². The maximum atomic E-state index is 13.6. The summed E-state index contributed by atoms with van der Waals surface area (Å²) in [6, 6.07) is 3.93. The number of halogens is 3. The van der Waals surface area contributed by atoms with Crippen LogP contribution >= 0.6 is 24.0 Å². The van der Waals surface area contributed by atoms with Crippen molar-refractivity contribution in [3.05, 3.63) is 35.4 Å². The first-order chi connectivity index (χ1) is 8.93. The molecule has 0 aliphatic carbocycles. The second-order valence-electron chi connectivity index (χ2n) is 4.82. The van der Waals surface area contributed by atoms with Gasteiger partial charge in [-0.25, -0.2) is 8.78 Å². The number of nitrogens with one attached hydrogen (secondary N) is 2. The number of benzene rings is 1. The Bertz CT molecular complexity index is 450. The fourth-order valence-corrected chi connectivity index (χ4v) is 1.73. The van der Waals surface area contributed by atoms with Crippen LogP contribution in [0.3, 0.4) is 0 Å². The minimum atomic E-state index is -0.557. The quantitative estimate of drug-likeness (QED) is 0.465. The Morgan fingerprint density at radius 2 is 1.90 bits per heavy atom. The third-order valence-electron chi connectivity index (χ3n) is 2.72. The van der Waals surface area contributed by atoms with E-state index in [1.807, 2.05) is 20.8 Å². The third-order valence-corrected chi connectivity index (χ3v) is 2.72. The summed E-state index contributed by atoms with van der Waals surface area (Å²) in [5.41, 5.74) is 0.494. The Hall–Kier alpha value is -0.920. The number of rotatable bonds is 4. The lowest BCUT2D eigenvalue weighted by Crippen LogP contribution is -2.42. The molecule has 20 heavy (non-hydrogen) atoms. The zero-order valence-corrected chi connectivity index (χ0v) is 14.5. The SMILES string of the molecule is CN=C(NCC(C)c1ccc(F)cc1F)NC(C)C.I. The van der Waals surface area contributed by atoms with Crippen molar-refractivity contribution in [1.29, 1.82) is 0 Å². The van der Waals surface area contributed by atoms with Crippen molar-refractivity contribution in [2.45, 2.75) is 32.7 Å². The molecule has 0 aliphatic heterocycles. The number of guanidine groups is 1. The predicted octanol–water partition coefficient (Wildman–Crippen LogP) is 3.26. The van der Waals surface area contributed by atoms with E-state index in [0.717, 1.165) is 6.07 Å². The molecule has 0 saturated heterocycles. The molecule has 6 heteroatoms. The Kier molecular flexibility index (Phi) is 8.68. The van der Waals surface area contributed by atoms with Crippen molar-refractivity contribution in [3.63, 3.8) is 0 Å². The summed E-state index contributed by atoms with van der Waals surface area (Å²) < 4.78 is 26.4. The molecule has 0 amide bonds. The third kappa shape index (κ3) is 6.02. The van der Waals surface area contributed by atoms with Gasteiger partial charge in [-0.05, 0) is 25.5 Å². The van der Waals surface area contributed by atoms with Gasteiger partial charge in [-0.2, -0.15) is 0 Å². The lowest BCUT2D eigenvalue weighted by Gasteiger charge is -2.18. The van der Waals surface area contributed by atoms with Crippen LogP contribution in [0, 0.1) is 11.6 Å². The molecular weight excluding hydrogens is 375 g/mol. The fraction of sp³-hybridized carbons (Fsp3) is 0.500. The van der Waals surface area contributed by atoms with Crippen LogP contribution in [0.2, 0.25) is 0 Å². The van der Waals surface area contributed by atoms with Crippen LogP contribution < -0.4 is 10.6 Å². The Morgan fingerprint density at radius 3 is 2.40 bits per heavy atom. The summed E-state index contributed by atoms with van der Waals surface area (Å²) in [6.45, 7) is 6.42. The van der Waals surface area contributed by atoms with Crippen LogP contribution in [-0.2, 0) is 0 Å². The van der Waals surface area contributed by atoms with E-state index in [-0.39, 0.29) is 35.9 Å². The van der Waals surface area contributed by atoms with Gasteiger partial charge < -0.3 is 10.6 Å². The molecule has 114 valence electrons. The molecule has 0 saturated carbocycles. The highest BCUT2D eigenvalue weighted by Gasteiger charge is 2.12.